The molecule has 1 rings (SSSR count). The Kier molecular flexibility index (Phi) is 43.8. The molecular weight excluding hydrogens is 842 g/mol. The summed E-state index contributed by atoms with van der Waals surface area (Å²) >= 11 is 0. The minimum atomic E-state index is -0.800. The molecule has 19 heteroatoms. The summed E-state index contributed by atoms with van der Waals surface area (Å²) in [7, 11) is 0. The number of carbonyl (C=O) groups is 7. The Morgan fingerprint density at radius 2 is 0.719 bits per heavy atom. The lowest BCUT2D eigenvalue weighted by atomic mass is 10.2. The highest BCUT2D eigenvalue weighted by atomic mass is 16.7. The fraction of sp³-hybridized carbons (Fsp3) is 0.844. The number of esters is 3. The van der Waals surface area contributed by atoms with Crippen LogP contribution < -0.4 is 0 Å². The second-order valence-corrected chi connectivity index (χ2v) is 16.7. The second-order valence-electron chi connectivity index (χ2n) is 16.7. The normalized spacial score (nSPS) is 12.2. The number of amides is 2. The Morgan fingerprint density at radius 1 is 0.453 bits per heavy atom. The number of ether oxygens (including phenoxy) is 8. The van der Waals surface area contributed by atoms with Crippen LogP contribution in [-0.2, 0) is 76.3 Å². The molecule has 0 saturated carbocycles. The van der Waals surface area contributed by atoms with Crippen molar-refractivity contribution in [3.63, 3.8) is 0 Å². The van der Waals surface area contributed by atoms with Crippen LogP contribution in [0.15, 0.2) is 0 Å². The molecule has 0 spiro atoms. The maximum Gasteiger partial charge on any atom is 0.335 e. The van der Waals surface area contributed by atoms with Crippen molar-refractivity contribution in [1.29, 1.82) is 0 Å². The fourth-order valence-electron chi connectivity index (χ4n) is 3.92. The van der Waals surface area contributed by atoms with Gasteiger partial charge in [-0.15, -0.1) is 5.06 Å². The van der Waals surface area contributed by atoms with E-state index in [2.05, 4.69) is 4.84 Å². The van der Waals surface area contributed by atoms with Gasteiger partial charge in [-0.05, 0) is 88.0 Å². The van der Waals surface area contributed by atoms with E-state index in [1.54, 1.807) is 0 Å². The first kappa shape index (κ1) is 66.8. The topological polar surface area (TPSA) is 246 Å². The molecule has 0 unspecified atom stereocenters. The van der Waals surface area contributed by atoms with Crippen molar-refractivity contribution >= 4 is 41.7 Å². The Hall–Kier alpha value is -3.75. The molecule has 378 valence electrons. The molecule has 0 bridgehead atoms. The summed E-state index contributed by atoms with van der Waals surface area (Å²) in [5, 5.41) is 17.1. The van der Waals surface area contributed by atoms with Crippen molar-refractivity contribution in [3.8, 4) is 0 Å². The van der Waals surface area contributed by atoms with Gasteiger partial charge in [0.05, 0.1) is 78.4 Å². The third kappa shape index (κ3) is 56.3. The van der Waals surface area contributed by atoms with Crippen molar-refractivity contribution in [2.45, 2.75) is 177 Å². The summed E-state index contributed by atoms with van der Waals surface area (Å²) in [6, 6.07) is 0. The van der Waals surface area contributed by atoms with E-state index in [4.69, 9.17) is 48.1 Å². The molecule has 1 saturated heterocycles. The van der Waals surface area contributed by atoms with Crippen LogP contribution in [0.5, 0.6) is 0 Å². The third-order valence-electron chi connectivity index (χ3n) is 6.35. The van der Waals surface area contributed by atoms with Crippen molar-refractivity contribution in [2.75, 3.05) is 72.7 Å². The maximum atomic E-state index is 11.2. The predicted molar refractivity (Wildman–Crippen MR) is 238 cm³/mol. The molecule has 1 fully saturated rings. The number of rotatable bonds is 26. The summed E-state index contributed by atoms with van der Waals surface area (Å²) in [6.45, 7) is 29.3. The van der Waals surface area contributed by atoms with E-state index in [1.165, 1.54) is 0 Å². The molecule has 19 nitrogen and oxygen atoms in total. The SMILES string of the molecule is CC(C)(C)OC(=O)CCOCCO.CCCOCCC(=O)O.CCCOCCC(=O)OC(C)(C)C.CCCOCCC(=O)OC(C)(C)C.CCCOCCC(=O)ON1C(=O)CCC1=O. The van der Waals surface area contributed by atoms with Gasteiger partial charge in [0.2, 0.25) is 0 Å². The Morgan fingerprint density at radius 3 is 0.969 bits per heavy atom. The average molecular weight is 928 g/mol. The lowest BCUT2D eigenvalue weighted by molar-refractivity contribution is -0.198. The van der Waals surface area contributed by atoms with Crippen LogP contribution in [0, 0.1) is 0 Å². The minimum absolute atomic E-state index is 0.0195. The average Bonchev–Trinajstić information content (AvgIpc) is 3.48. The van der Waals surface area contributed by atoms with Gasteiger partial charge < -0.3 is 52.9 Å². The monoisotopic (exact) mass is 928 g/mol. The van der Waals surface area contributed by atoms with Gasteiger partial charge in [0.15, 0.2) is 0 Å². The number of imide groups is 1. The summed E-state index contributed by atoms with van der Waals surface area (Å²) in [4.78, 5) is 81.2. The van der Waals surface area contributed by atoms with E-state index in [-0.39, 0.29) is 81.0 Å². The van der Waals surface area contributed by atoms with E-state index in [0.717, 1.165) is 25.7 Å². The quantitative estimate of drug-likeness (QED) is 0.0417. The number of carbonyl (C=O) groups excluding carboxylic acids is 6. The largest absolute Gasteiger partial charge is 0.481 e. The molecule has 2 N–H and O–H groups in total. The maximum absolute atomic E-state index is 11.2. The van der Waals surface area contributed by atoms with Gasteiger partial charge in [-0.3, -0.25) is 28.8 Å². The highest BCUT2D eigenvalue weighted by Crippen LogP contribution is 2.13. The zero-order chi connectivity index (χ0) is 50.0. The summed E-state index contributed by atoms with van der Waals surface area (Å²) < 4.78 is 40.5. The van der Waals surface area contributed by atoms with Gasteiger partial charge in [-0.1, -0.05) is 27.7 Å². The third-order valence-corrected chi connectivity index (χ3v) is 6.35. The van der Waals surface area contributed by atoms with Crippen molar-refractivity contribution in [3.05, 3.63) is 0 Å². The summed E-state index contributed by atoms with van der Waals surface area (Å²) in [6.07, 6.45) is 5.07. The number of hydroxylamine groups is 2. The van der Waals surface area contributed by atoms with Crippen LogP contribution in [-0.4, -0.2) is 146 Å². The molecule has 0 aromatic carbocycles. The van der Waals surface area contributed by atoms with Crippen LogP contribution in [0.25, 0.3) is 0 Å². The van der Waals surface area contributed by atoms with Gasteiger partial charge in [0.1, 0.15) is 16.8 Å². The summed E-state index contributed by atoms with van der Waals surface area (Å²) in [5.74, 6) is -3.01. The van der Waals surface area contributed by atoms with E-state index in [1.807, 2.05) is 90.0 Å². The van der Waals surface area contributed by atoms with Crippen LogP contribution in [0.3, 0.4) is 0 Å². The number of nitrogens with zero attached hydrogens (tertiary/aromatic N) is 1. The fourth-order valence-corrected chi connectivity index (χ4v) is 3.92. The molecule has 1 aliphatic heterocycles. The van der Waals surface area contributed by atoms with Crippen molar-refractivity contribution < 1.29 is 86.5 Å². The number of hydrogen-bond acceptors (Lipinski definition) is 17. The zero-order valence-corrected chi connectivity index (χ0v) is 41.4. The van der Waals surface area contributed by atoms with Crippen LogP contribution in [0.4, 0.5) is 0 Å². The van der Waals surface area contributed by atoms with E-state index >= 15 is 0 Å². The highest BCUT2D eigenvalue weighted by molar-refractivity contribution is 6.01. The second kappa shape index (κ2) is 41.9. The minimum Gasteiger partial charge on any atom is -0.481 e. The number of hydrogen-bond donors (Lipinski definition) is 2. The Bertz CT molecular complexity index is 1140. The highest BCUT2D eigenvalue weighted by Gasteiger charge is 2.32. The first-order valence-corrected chi connectivity index (χ1v) is 22.2. The first-order valence-electron chi connectivity index (χ1n) is 22.2. The smallest absolute Gasteiger partial charge is 0.335 e. The predicted octanol–water partition coefficient (Wildman–Crippen LogP) is 6.31. The van der Waals surface area contributed by atoms with Crippen LogP contribution >= 0.6 is 0 Å². The van der Waals surface area contributed by atoms with E-state index in [0.29, 0.717) is 70.8 Å². The standard InChI is InChI=1S/C10H15NO5.2C10H20O3.C9H18O4.C6H12O3/c1-2-6-15-7-5-10(14)16-11-8(12)3-4-9(11)13;2*1-5-7-12-8-6-9(11)13-10(2,3)4;1-9(2,3)13-8(11)4-6-12-7-5-10;1-2-4-9-5-3-6(7)8/h2-7H2,1H3;2*5-8H2,1-4H3;10H,4-7H2,1-3H3;2-5H2,1H3,(H,7,8). The number of carboxylic acid groups (broad SMARTS) is 1. The lowest BCUT2D eigenvalue weighted by Gasteiger charge is -2.19. The molecule has 0 atom stereocenters. The molecular formula is C45H85NO18. The van der Waals surface area contributed by atoms with E-state index < -0.39 is 29.4 Å². The summed E-state index contributed by atoms with van der Waals surface area (Å²) in [5.41, 5.74) is -1.21. The molecule has 64 heavy (non-hydrogen) atoms. The van der Waals surface area contributed by atoms with Crippen LogP contribution in [0.1, 0.15) is 161 Å². The van der Waals surface area contributed by atoms with Crippen molar-refractivity contribution in [2.24, 2.45) is 0 Å². The number of carboxylic acids is 1. The molecule has 0 aromatic heterocycles. The molecule has 1 heterocycles. The molecule has 0 radical (unpaired) electrons. The van der Waals surface area contributed by atoms with Gasteiger partial charge in [0.25, 0.3) is 11.8 Å². The number of aliphatic hydroxyl groups is 1. The first-order chi connectivity index (χ1) is 29.8. The number of aliphatic hydroxyl groups excluding tert-OH is 1. The van der Waals surface area contributed by atoms with Gasteiger partial charge in [0, 0.05) is 39.3 Å². The van der Waals surface area contributed by atoms with Crippen LogP contribution in [0.2, 0.25) is 0 Å². The molecule has 2 amide bonds. The van der Waals surface area contributed by atoms with Gasteiger partial charge >= 0.3 is 29.8 Å². The molecule has 0 aromatic rings. The molecule has 1 aliphatic rings. The Labute approximate surface area is 382 Å². The Balaban J connectivity index is -0.000000355. The number of aliphatic carboxylic acids is 1. The van der Waals surface area contributed by atoms with Gasteiger partial charge in [-0.25, -0.2) is 4.79 Å². The van der Waals surface area contributed by atoms with E-state index in [9.17, 15) is 33.6 Å². The zero-order valence-electron chi connectivity index (χ0n) is 41.4. The van der Waals surface area contributed by atoms with Crippen molar-refractivity contribution in [1.82, 2.24) is 5.06 Å². The molecule has 0 aliphatic carbocycles. The van der Waals surface area contributed by atoms with Gasteiger partial charge in [-0.2, -0.15) is 0 Å². The lowest BCUT2D eigenvalue weighted by Crippen LogP contribution is -2.32.